The number of nitrogens with one attached hydrogen (secondary N) is 1. The van der Waals surface area contributed by atoms with Crippen molar-refractivity contribution in [3.05, 3.63) is 58.7 Å². The second kappa shape index (κ2) is 7.89. The molecule has 1 atom stereocenters. The summed E-state index contributed by atoms with van der Waals surface area (Å²) in [6, 6.07) is 5.31. The van der Waals surface area contributed by atoms with Gasteiger partial charge in [-0.1, -0.05) is 6.92 Å². The zero-order chi connectivity index (χ0) is 24.2. The summed E-state index contributed by atoms with van der Waals surface area (Å²) in [6.07, 6.45) is 2.62. The minimum absolute atomic E-state index is 0.0461. The van der Waals surface area contributed by atoms with E-state index in [1.807, 2.05) is 6.07 Å². The number of nitrogens with zero attached hydrogens (tertiary/aromatic N) is 3. The molecule has 2 N–H and O–H groups in total. The van der Waals surface area contributed by atoms with Crippen molar-refractivity contribution >= 4 is 29.5 Å². The van der Waals surface area contributed by atoms with Crippen molar-refractivity contribution in [3.63, 3.8) is 0 Å². The van der Waals surface area contributed by atoms with E-state index in [0.29, 0.717) is 11.3 Å². The van der Waals surface area contributed by atoms with Crippen LogP contribution in [0.5, 0.6) is 0 Å². The Kier molecular flexibility index (Phi) is 5.11. The number of anilines is 1. The first-order valence-electron chi connectivity index (χ1n) is 11.1. The highest BCUT2D eigenvalue weighted by Crippen LogP contribution is 2.46. The number of aromatic nitrogens is 1. The third-order valence-corrected chi connectivity index (χ3v) is 6.91. The number of hydrogen-bond acceptors (Lipinski definition) is 5. The number of rotatable bonds is 5. The highest BCUT2D eigenvalue weighted by molar-refractivity contribution is 6.05. The van der Waals surface area contributed by atoms with Gasteiger partial charge in [-0.3, -0.25) is 29.6 Å². The van der Waals surface area contributed by atoms with Crippen LogP contribution in [0.2, 0.25) is 0 Å². The number of carboxylic acid groups (broad SMARTS) is 1. The minimum Gasteiger partial charge on any atom is -0.465 e. The highest BCUT2D eigenvalue weighted by Gasteiger charge is 2.41. The SMILES string of the molecule is CC1(c2ccc(N(Cc3cc(F)c4c(c3)C(=O)N(C3CCC(=O)NC3=O)C4)C(=O)O)cn2)CC1. The van der Waals surface area contributed by atoms with Crippen LogP contribution >= 0.6 is 0 Å². The van der Waals surface area contributed by atoms with Gasteiger partial charge in [-0.2, -0.15) is 0 Å². The molecule has 1 unspecified atom stereocenters. The summed E-state index contributed by atoms with van der Waals surface area (Å²) in [5, 5.41) is 12.0. The molecule has 0 spiro atoms. The fourth-order valence-corrected chi connectivity index (χ4v) is 4.56. The third kappa shape index (κ3) is 3.78. The first-order chi connectivity index (χ1) is 16.2. The molecule has 1 saturated carbocycles. The van der Waals surface area contributed by atoms with Crippen molar-refractivity contribution in [1.29, 1.82) is 0 Å². The fraction of sp³-hybridized carbons (Fsp3) is 0.375. The number of imide groups is 1. The lowest BCUT2D eigenvalue weighted by Crippen LogP contribution is -2.52. The van der Waals surface area contributed by atoms with Crippen molar-refractivity contribution in [2.75, 3.05) is 4.90 Å². The van der Waals surface area contributed by atoms with Gasteiger partial charge >= 0.3 is 6.09 Å². The van der Waals surface area contributed by atoms with Crippen molar-refractivity contribution in [2.45, 2.75) is 57.2 Å². The average molecular weight is 466 g/mol. The average Bonchev–Trinajstić information content (AvgIpc) is 3.46. The van der Waals surface area contributed by atoms with Crippen molar-refractivity contribution < 1.29 is 28.7 Å². The maximum absolute atomic E-state index is 15.0. The molecular formula is C24H23FN4O5. The number of benzene rings is 1. The van der Waals surface area contributed by atoms with E-state index in [4.69, 9.17) is 0 Å². The molecule has 4 amide bonds. The maximum atomic E-state index is 15.0. The normalized spacial score (nSPS) is 20.7. The lowest BCUT2D eigenvalue weighted by Gasteiger charge is -2.29. The molecule has 5 rings (SSSR count). The minimum atomic E-state index is -1.23. The number of pyridine rings is 1. The Morgan fingerprint density at radius 3 is 2.68 bits per heavy atom. The van der Waals surface area contributed by atoms with Crippen LogP contribution in [-0.2, 0) is 28.1 Å². The molecule has 34 heavy (non-hydrogen) atoms. The molecule has 2 fully saturated rings. The Hall–Kier alpha value is -3.82. The Morgan fingerprint density at radius 1 is 1.29 bits per heavy atom. The molecule has 3 aliphatic rings. The van der Waals surface area contributed by atoms with Crippen LogP contribution in [0, 0.1) is 5.82 Å². The monoisotopic (exact) mass is 466 g/mol. The van der Waals surface area contributed by atoms with E-state index in [1.54, 1.807) is 6.07 Å². The van der Waals surface area contributed by atoms with E-state index in [-0.39, 0.29) is 42.5 Å². The van der Waals surface area contributed by atoms with Gasteiger partial charge in [0, 0.05) is 28.7 Å². The Bertz CT molecular complexity index is 1220. The van der Waals surface area contributed by atoms with Gasteiger partial charge in [0.15, 0.2) is 0 Å². The molecular weight excluding hydrogens is 443 g/mol. The van der Waals surface area contributed by atoms with Gasteiger partial charge in [-0.05, 0) is 49.1 Å². The molecule has 2 aliphatic heterocycles. The number of piperidine rings is 1. The van der Waals surface area contributed by atoms with E-state index >= 15 is 0 Å². The molecule has 1 saturated heterocycles. The van der Waals surface area contributed by atoms with Gasteiger partial charge in [0.25, 0.3) is 5.91 Å². The molecule has 2 aromatic rings. The summed E-state index contributed by atoms with van der Waals surface area (Å²) in [5.74, 6) is -2.14. The van der Waals surface area contributed by atoms with Crippen LogP contribution in [0.1, 0.15) is 59.8 Å². The van der Waals surface area contributed by atoms with E-state index in [9.17, 15) is 28.7 Å². The van der Waals surface area contributed by atoms with Crippen LogP contribution in [0.3, 0.4) is 0 Å². The number of fused-ring (bicyclic) bond motifs is 1. The summed E-state index contributed by atoms with van der Waals surface area (Å²) in [6.45, 7) is 1.84. The Labute approximate surface area is 194 Å². The second-order valence-corrected chi connectivity index (χ2v) is 9.33. The molecule has 3 heterocycles. The van der Waals surface area contributed by atoms with Gasteiger partial charge in [0.1, 0.15) is 11.9 Å². The molecule has 176 valence electrons. The summed E-state index contributed by atoms with van der Waals surface area (Å²) >= 11 is 0. The van der Waals surface area contributed by atoms with Gasteiger partial charge in [-0.25, -0.2) is 9.18 Å². The van der Waals surface area contributed by atoms with E-state index in [2.05, 4.69) is 17.2 Å². The van der Waals surface area contributed by atoms with Crippen LogP contribution < -0.4 is 10.2 Å². The largest absolute Gasteiger partial charge is 0.465 e. The van der Waals surface area contributed by atoms with Crippen LogP contribution in [-0.4, -0.2) is 44.8 Å². The van der Waals surface area contributed by atoms with Gasteiger partial charge in [-0.15, -0.1) is 0 Å². The predicted molar refractivity (Wildman–Crippen MR) is 117 cm³/mol. The van der Waals surface area contributed by atoms with Crippen molar-refractivity contribution in [2.24, 2.45) is 0 Å². The number of amides is 4. The maximum Gasteiger partial charge on any atom is 0.412 e. The van der Waals surface area contributed by atoms with Gasteiger partial charge < -0.3 is 10.0 Å². The summed E-state index contributed by atoms with van der Waals surface area (Å²) in [5.41, 5.74) is 1.85. The van der Waals surface area contributed by atoms with E-state index in [1.165, 1.54) is 23.2 Å². The number of hydrogen-bond donors (Lipinski definition) is 2. The number of carbonyl (C=O) groups excluding carboxylic acids is 3. The summed E-state index contributed by atoms with van der Waals surface area (Å²) in [4.78, 5) is 55.3. The summed E-state index contributed by atoms with van der Waals surface area (Å²) < 4.78 is 15.0. The molecule has 10 heteroatoms. The molecule has 0 radical (unpaired) electrons. The second-order valence-electron chi connectivity index (χ2n) is 9.33. The van der Waals surface area contributed by atoms with Crippen molar-refractivity contribution in [1.82, 2.24) is 15.2 Å². The van der Waals surface area contributed by atoms with Crippen molar-refractivity contribution in [3.8, 4) is 0 Å². The lowest BCUT2D eigenvalue weighted by molar-refractivity contribution is -0.136. The van der Waals surface area contributed by atoms with E-state index in [0.717, 1.165) is 23.4 Å². The zero-order valence-electron chi connectivity index (χ0n) is 18.5. The zero-order valence-corrected chi connectivity index (χ0v) is 18.5. The van der Waals surface area contributed by atoms with Gasteiger partial charge in [0.05, 0.1) is 25.0 Å². The molecule has 1 aromatic carbocycles. The quantitative estimate of drug-likeness (QED) is 0.654. The van der Waals surface area contributed by atoms with Gasteiger partial charge in [0.2, 0.25) is 11.8 Å². The molecule has 9 nitrogen and oxygen atoms in total. The number of halogens is 1. The van der Waals surface area contributed by atoms with Crippen LogP contribution in [0.15, 0.2) is 30.5 Å². The summed E-state index contributed by atoms with van der Waals surface area (Å²) in [7, 11) is 0. The highest BCUT2D eigenvalue weighted by atomic mass is 19.1. The lowest BCUT2D eigenvalue weighted by atomic mass is 10.0. The molecule has 0 bridgehead atoms. The third-order valence-electron chi connectivity index (χ3n) is 6.91. The topological polar surface area (TPSA) is 120 Å². The predicted octanol–water partition coefficient (Wildman–Crippen LogP) is 2.72. The Morgan fingerprint density at radius 2 is 2.06 bits per heavy atom. The van der Waals surface area contributed by atoms with E-state index < -0.39 is 35.7 Å². The smallest absolute Gasteiger partial charge is 0.412 e. The fourth-order valence-electron chi connectivity index (χ4n) is 4.56. The standard InChI is InChI=1S/C24H23FN4O5/c1-24(6-7-24)19-4-2-14(10-26-19)28(23(33)34)11-13-8-15-16(17(25)9-13)12-29(22(15)32)18-3-5-20(30)27-21(18)31/h2,4,8-10,18H,3,5-7,11-12H2,1H3,(H,33,34)(H,27,30,31). The van der Waals surface area contributed by atoms with Crippen LogP contribution in [0.4, 0.5) is 14.9 Å². The Balaban J connectivity index is 1.38. The molecule has 1 aromatic heterocycles. The first kappa shape index (κ1) is 22.0. The first-order valence-corrected chi connectivity index (χ1v) is 11.1. The molecule has 1 aliphatic carbocycles. The number of carbonyl (C=O) groups is 4. The van der Waals surface area contributed by atoms with Crippen LogP contribution in [0.25, 0.3) is 0 Å².